The Morgan fingerprint density at radius 3 is 2.78 bits per heavy atom. The molecule has 1 aromatic carbocycles. The van der Waals surface area contributed by atoms with E-state index < -0.39 is 11.6 Å². The third kappa shape index (κ3) is 4.04. The second kappa shape index (κ2) is 9.96. The number of benzene rings is 1. The molecule has 4 heterocycles. The second-order valence-electron chi connectivity index (χ2n) is 9.09. The molecule has 0 saturated carbocycles. The molecule has 2 aromatic heterocycles. The highest BCUT2D eigenvalue weighted by molar-refractivity contribution is 7.23. The van der Waals surface area contributed by atoms with Gasteiger partial charge in [0.25, 0.3) is 0 Å². The number of aromatic nitrogens is 1. The van der Waals surface area contributed by atoms with Crippen molar-refractivity contribution >= 4 is 32.6 Å². The summed E-state index contributed by atoms with van der Waals surface area (Å²) in [6, 6.07) is 2.04. The first-order valence-corrected chi connectivity index (χ1v) is 13.0. The number of halogens is 2. The number of nitriles is 1. The van der Waals surface area contributed by atoms with Crippen LogP contribution in [0, 0.1) is 29.9 Å². The monoisotopic (exact) mass is 507 g/mol. The summed E-state index contributed by atoms with van der Waals surface area (Å²) in [5.41, 5.74) is 9.14. The number of nitrogens with two attached hydrogens (primary N) is 1. The Hall–Kier alpha value is -3.35. The Balaban J connectivity index is 1.68. The number of hydrogen-bond donors (Lipinski definition) is 1. The highest BCUT2D eigenvalue weighted by atomic mass is 32.1. The topological polar surface area (TPSA) is 87.5 Å². The first-order chi connectivity index (χ1) is 17.5. The summed E-state index contributed by atoms with van der Waals surface area (Å²) in [5, 5.41) is 10.1. The Labute approximate surface area is 212 Å². The molecule has 0 atom stereocenters. The zero-order chi connectivity index (χ0) is 25.4. The van der Waals surface area contributed by atoms with Crippen LogP contribution in [-0.2, 0) is 18.0 Å². The van der Waals surface area contributed by atoms with E-state index in [0.29, 0.717) is 23.3 Å². The summed E-state index contributed by atoms with van der Waals surface area (Å²) in [7, 11) is 0. The van der Waals surface area contributed by atoms with E-state index in [2.05, 4.69) is 22.9 Å². The molecule has 3 aromatic rings. The van der Waals surface area contributed by atoms with E-state index in [1.807, 2.05) is 6.07 Å². The molecule has 5 rings (SSSR count). The number of aliphatic imine (C=N–C) groups is 1. The van der Waals surface area contributed by atoms with Crippen LogP contribution in [0.5, 0.6) is 0 Å². The minimum atomic E-state index is -0.589. The maximum Gasteiger partial charge on any atom is 0.159 e. The lowest BCUT2D eigenvalue weighted by Gasteiger charge is -2.19. The molecule has 6 nitrogen and oxygen atoms in total. The van der Waals surface area contributed by atoms with Gasteiger partial charge in [-0.05, 0) is 49.0 Å². The lowest BCUT2D eigenvalue weighted by Crippen LogP contribution is -2.17. The number of nitrogen functional groups attached to an aromatic ring is 1. The number of hydrogen-bond acceptors (Lipinski definition) is 7. The Kier molecular flexibility index (Phi) is 6.73. The van der Waals surface area contributed by atoms with Crippen LogP contribution >= 0.6 is 11.3 Å². The van der Waals surface area contributed by atoms with Crippen molar-refractivity contribution in [1.29, 1.82) is 5.26 Å². The van der Waals surface area contributed by atoms with Gasteiger partial charge >= 0.3 is 0 Å². The molecule has 2 aliphatic heterocycles. The predicted octanol–water partition coefficient (Wildman–Crippen LogP) is 6.19. The van der Waals surface area contributed by atoms with E-state index in [0.717, 1.165) is 67.7 Å². The van der Waals surface area contributed by atoms with Crippen LogP contribution in [0.2, 0.25) is 0 Å². The van der Waals surface area contributed by atoms with Crippen molar-refractivity contribution in [1.82, 2.24) is 9.88 Å². The van der Waals surface area contributed by atoms with Gasteiger partial charge in [-0.15, -0.1) is 11.3 Å². The summed E-state index contributed by atoms with van der Waals surface area (Å²) < 4.78 is 36.6. The highest BCUT2D eigenvalue weighted by Crippen LogP contribution is 2.44. The number of nitrogens with zero attached hydrogens (tertiary/aromatic N) is 4. The van der Waals surface area contributed by atoms with Crippen LogP contribution in [0.4, 0.5) is 13.8 Å². The van der Waals surface area contributed by atoms with E-state index in [4.69, 9.17) is 15.5 Å². The fourth-order valence-corrected chi connectivity index (χ4v) is 5.90. The molecule has 0 amide bonds. The molecule has 2 aliphatic rings. The molecule has 1 saturated heterocycles. The maximum absolute atomic E-state index is 16.1. The molecule has 0 radical (unpaired) electrons. The van der Waals surface area contributed by atoms with Gasteiger partial charge in [0.2, 0.25) is 0 Å². The number of fused-ring (bicyclic) bond motifs is 2. The smallest absolute Gasteiger partial charge is 0.159 e. The number of ether oxygens (including phenoxy) is 1. The van der Waals surface area contributed by atoms with E-state index in [1.54, 1.807) is 13.1 Å². The van der Waals surface area contributed by atoms with Gasteiger partial charge in [-0.2, -0.15) is 5.26 Å². The predicted molar refractivity (Wildman–Crippen MR) is 139 cm³/mol. The average Bonchev–Trinajstić information content (AvgIpc) is 3.63. The highest BCUT2D eigenvalue weighted by Gasteiger charge is 2.30. The minimum Gasteiger partial charge on any atom is -0.389 e. The largest absolute Gasteiger partial charge is 0.389 e. The zero-order valence-electron chi connectivity index (χ0n) is 20.3. The van der Waals surface area contributed by atoms with E-state index in [1.165, 1.54) is 0 Å². The van der Waals surface area contributed by atoms with Crippen molar-refractivity contribution in [3.63, 3.8) is 0 Å². The van der Waals surface area contributed by atoms with Crippen LogP contribution < -0.4 is 5.73 Å². The van der Waals surface area contributed by atoms with Crippen molar-refractivity contribution in [2.24, 2.45) is 4.99 Å². The molecule has 36 heavy (non-hydrogen) atoms. The fourth-order valence-electron chi connectivity index (χ4n) is 4.98. The molecule has 0 bridgehead atoms. The van der Waals surface area contributed by atoms with E-state index in [9.17, 15) is 9.65 Å². The van der Waals surface area contributed by atoms with Gasteiger partial charge in [-0.3, -0.25) is 4.98 Å². The molecule has 0 spiro atoms. The van der Waals surface area contributed by atoms with Gasteiger partial charge in [-0.25, -0.2) is 13.8 Å². The van der Waals surface area contributed by atoms with Crippen LogP contribution in [0.3, 0.4) is 0 Å². The zero-order valence-corrected chi connectivity index (χ0v) is 21.1. The molecule has 1 fully saturated rings. The normalized spacial score (nSPS) is 15.9. The standard InChI is InChI=1S/C27H27F2N5OS/c1-3-4-7-21(34-8-5-6-9-34)32-11-17-15(2)24(29)22(19-14-35-13-18(17)19)25-23-16(10-30)27(31)36-26(23)20(28)12-33-25/h7,11-12H,3-6,8-9,13-14,31H2,1-2H3/b21-7-,32-11-. The molecule has 186 valence electrons. The molecule has 0 aliphatic carbocycles. The van der Waals surface area contributed by atoms with Crippen LogP contribution in [0.25, 0.3) is 21.3 Å². The summed E-state index contributed by atoms with van der Waals surface area (Å²) in [6.07, 6.45) is 9.17. The quantitative estimate of drug-likeness (QED) is 0.402. The lowest BCUT2D eigenvalue weighted by molar-refractivity contribution is 0.134. The third-order valence-corrected chi connectivity index (χ3v) is 7.88. The SMILES string of the molecule is CCC/C=C(/N=C\c1c(C)c(F)c(-c2ncc(F)c3sc(N)c(C#N)c23)c2c1COC2)N1CCCC1. The summed E-state index contributed by atoms with van der Waals surface area (Å²) in [6.45, 7) is 6.27. The first-order valence-electron chi connectivity index (χ1n) is 12.1. The third-order valence-electron chi connectivity index (χ3n) is 6.85. The molecule has 0 unspecified atom stereocenters. The molecular formula is C27H27F2N5OS. The Bertz CT molecular complexity index is 1450. The van der Waals surface area contributed by atoms with Gasteiger partial charge < -0.3 is 15.4 Å². The van der Waals surface area contributed by atoms with Crippen molar-refractivity contribution < 1.29 is 13.5 Å². The van der Waals surface area contributed by atoms with Gasteiger partial charge in [0.05, 0.1) is 35.4 Å². The average molecular weight is 508 g/mol. The van der Waals surface area contributed by atoms with Crippen molar-refractivity contribution in [3.05, 3.63) is 57.5 Å². The number of unbranched alkanes of at least 4 members (excludes halogenated alkanes) is 1. The van der Waals surface area contributed by atoms with Gasteiger partial charge in [-0.1, -0.05) is 13.3 Å². The number of likely N-dealkylation sites (tertiary alicyclic amines) is 1. The number of allylic oxidation sites excluding steroid dienone is 1. The summed E-state index contributed by atoms with van der Waals surface area (Å²) in [4.78, 5) is 11.3. The number of pyridine rings is 1. The van der Waals surface area contributed by atoms with Gasteiger partial charge in [0.1, 0.15) is 22.7 Å². The number of rotatable bonds is 6. The minimum absolute atomic E-state index is 0.115. The maximum atomic E-state index is 16.1. The van der Waals surface area contributed by atoms with Crippen molar-refractivity contribution in [2.75, 3.05) is 18.8 Å². The van der Waals surface area contributed by atoms with E-state index in [-0.39, 0.29) is 38.5 Å². The van der Waals surface area contributed by atoms with Crippen molar-refractivity contribution in [2.45, 2.75) is 52.7 Å². The number of anilines is 1. The van der Waals surface area contributed by atoms with Crippen LogP contribution in [-0.4, -0.2) is 29.2 Å². The number of thiophene rings is 1. The van der Waals surface area contributed by atoms with Crippen molar-refractivity contribution in [3.8, 4) is 17.3 Å². The summed E-state index contributed by atoms with van der Waals surface area (Å²) in [5.74, 6) is -0.149. The van der Waals surface area contributed by atoms with Gasteiger partial charge in [0.15, 0.2) is 5.82 Å². The van der Waals surface area contributed by atoms with Crippen LogP contribution in [0.15, 0.2) is 23.1 Å². The molecule has 9 heteroatoms. The second-order valence-corrected chi connectivity index (χ2v) is 10.1. The van der Waals surface area contributed by atoms with E-state index >= 15 is 4.39 Å². The lowest BCUT2D eigenvalue weighted by atomic mass is 9.90. The molecule has 2 N–H and O–H groups in total. The Morgan fingerprint density at radius 1 is 1.31 bits per heavy atom. The first kappa shape index (κ1) is 24.3. The molecular weight excluding hydrogens is 480 g/mol. The van der Waals surface area contributed by atoms with Crippen LogP contribution in [0.1, 0.15) is 60.4 Å². The Morgan fingerprint density at radius 2 is 2.06 bits per heavy atom. The van der Waals surface area contributed by atoms with Gasteiger partial charge in [0, 0.05) is 35.8 Å². The fraction of sp³-hybridized carbons (Fsp3) is 0.370. The summed E-state index contributed by atoms with van der Waals surface area (Å²) >= 11 is 0.970.